The van der Waals surface area contributed by atoms with Crippen molar-refractivity contribution in [3.8, 4) is 0 Å². The largest absolute Gasteiger partial charge is 0.465 e. The normalized spacial score (nSPS) is 23.5. The highest BCUT2D eigenvalue weighted by Gasteiger charge is 2.62. The molecule has 2 unspecified atom stereocenters. The van der Waals surface area contributed by atoms with E-state index in [0.29, 0.717) is 32.6 Å². The Bertz CT molecular complexity index is 986. The van der Waals surface area contributed by atoms with Crippen molar-refractivity contribution < 1.29 is 19.8 Å². The second-order valence-electron chi connectivity index (χ2n) is 11.2. The van der Waals surface area contributed by atoms with Crippen LogP contribution in [0.1, 0.15) is 57.6 Å². The van der Waals surface area contributed by atoms with Crippen LogP contribution in [-0.2, 0) is 10.2 Å². The number of carboxylic acid groups (broad SMARTS) is 1. The van der Waals surface area contributed by atoms with Gasteiger partial charge in [-0.2, -0.15) is 0 Å². The number of carbonyl (C=O) groups is 2. The zero-order valence-corrected chi connectivity index (χ0v) is 21.1. The van der Waals surface area contributed by atoms with Gasteiger partial charge < -0.3 is 20.0 Å². The minimum absolute atomic E-state index is 0.0804. The fraction of sp³-hybridized carbons (Fsp3) is 0.517. The van der Waals surface area contributed by atoms with Crippen LogP contribution in [0.2, 0.25) is 0 Å². The van der Waals surface area contributed by atoms with Crippen molar-refractivity contribution in [1.29, 1.82) is 0 Å². The quantitative estimate of drug-likeness (QED) is 0.664. The average Bonchev–Trinajstić information content (AvgIpc) is 2.84. The first kappa shape index (κ1) is 25.2. The molecular formula is C29H38N2O4. The Hall–Kier alpha value is -2.86. The molecule has 1 saturated carbocycles. The first-order valence-corrected chi connectivity index (χ1v) is 12.7. The van der Waals surface area contributed by atoms with E-state index in [-0.39, 0.29) is 5.91 Å². The number of aliphatic hydroxyl groups is 1. The molecule has 2 amide bonds. The number of hydrogen-bond acceptors (Lipinski definition) is 3. The van der Waals surface area contributed by atoms with Gasteiger partial charge in [0.25, 0.3) is 0 Å². The maximum absolute atomic E-state index is 14.3. The van der Waals surface area contributed by atoms with Crippen molar-refractivity contribution in [2.24, 2.45) is 11.3 Å². The van der Waals surface area contributed by atoms with Crippen LogP contribution in [-0.4, -0.2) is 63.8 Å². The predicted molar refractivity (Wildman–Crippen MR) is 136 cm³/mol. The standard InChI is InChI=1S/C29H38N2O4/c1-27(2,3)24(25(32)30-18-20-31(21-19-30)26(33)34)29(35)17-11-10-16-28(29,22-12-6-4-7-13-22)23-14-8-5-9-15-23/h4-9,12-15,24,35H,10-11,16-21H2,1-3H3,(H,33,34). The molecule has 1 aliphatic carbocycles. The fourth-order valence-corrected chi connectivity index (χ4v) is 6.60. The van der Waals surface area contributed by atoms with E-state index in [1.54, 1.807) is 4.90 Å². The van der Waals surface area contributed by atoms with E-state index in [9.17, 15) is 19.8 Å². The molecule has 6 heteroatoms. The van der Waals surface area contributed by atoms with Gasteiger partial charge in [-0.3, -0.25) is 4.79 Å². The Labute approximate surface area is 208 Å². The lowest BCUT2D eigenvalue weighted by Gasteiger charge is -2.58. The molecule has 1 heterocycles. The van der Waals surface area contributed by atoms with Gasteiger partial charge in [0.05, 0.1) is 11.5 Å². The first-order chi connectivity index (χ1) is 16.6. The molecule has 1 aliphatic heterocycles. The summed E-state index contributed by atoms with van der Waals surface area (Å²) in [6.45, 7) is 7.38. The summed E-state index contributed by atoms with van der Waals surface area (Å²) in [4.78, 5) is 28.8. The summed E-state index contributed by atoms with van der Waals surface area (Å²) in [7, 11) is 0. The third kappa shape index (κ3) is 4.44. The molecule has 1 saturated heterocycles. The number of rotatable bonds is 4. The summed E-state index contributed by atoms with van der Waals surface area (Å²) in [5.74, 6) is -0.740. The molecule has 2 N–H and O–H groups in total. The summed E-state index contributed by atoms with van der Waals surface area (Å²) in [5, 5.41) is 22.3. The molecule has 2 aliphatic rings. The first-order valence-electron chi connectivity index (χ1n) is 12.7. The van der Waals surface area contributed by atoms with Crippen LogP contribution in [0.5, 0.6) is 0 Å². The number of piperazine rings is 1. The fourth-order valence-electron chi connectivity index (χ4n) is 6.60. The molecule has 35 heavy (non-hydrogen) atoms. The van der Waals surface area contributed by atoms with E-state index in [1.807, 2.05) is 57.2 Å². The van der Waals surface area contributed by atoms with Crippen LogP contribution in [0.15, 0.2) is 60.7 Å². The highest BCUT2D eigenvalue weighted by atomic mass is 16.4. The molecule has 2 aromatic carbocycles. The third-order valence-corrected chi connectivity index (χ3v) is 8.08. The Morgan fingerprint density at radius 2 is 1.26 bits per heavy atom. The van der Waals surface area contributed by atoms with Crippen LogP contribution in [0.4, 0.5) is 4.79 Å². The summed E-state index contributed by atoms with van der Waals surface area (Å²) in [6, 6.07) is 20.3. The zero-order valence-electron chi connectivity index (χ0n) is 21.1. The maximum atomic E-state index is 14.3. The Kier molecular flexibility index (Phi) is 6.96. The molecule has 0 radical (unpaired) electrons. The second-order valence-corrected chi connectivity index (χ2v) is 11.2. The van der Waals surface area contributed by atoms with Crippen molar-refractivity contribution in [2.45, 2.75) is 57.5 Å². The molecule has 0 aromatic heterocycles. The molecule has 6 nitrogen and oxygen atoms in total. The number of benzene rings is 2. The van der Waals surface area contributed by atoms with E-state index in [0.717, 1.165) is 30.4 Å². The lowest BCUT2D eigenvalue weighted by molar-refractivity contribution is -0.171. The Balaban J connectivity index is 1.85. The van der Waals surface area contributed by atoms with Crippen LogP contribution < -0.4 is 0 Å². The lowest BCUT2D eigenvalue weighted by atomic mass is 9.49. The molecule has 2 aromatic rings. The molecule has 0 bridgehead atoms. The van der Waals surface area contributed by atoms with Gasteiger partial charge in [-0.05, 0) is 29.4 Å². The third-order valence-electron chi connectivity index (χ3n) is 8.08. The molecule has 188 valence electrons. The van der Waals surface area contributed by atoms with E-state index in [2.05, 4.69) is 24.3 Å². The van der Waals surface area contributed by atoms with Crippen molar-refractivity contribution in [1.82, 2.24) is 9.80 Å². The van der Waals surface area contributed by atoms with Gasteiger partial charge >= 0.3 is 6.09 Å². The van der Waals surface area contributed by atoms with Gasteiger partial charge in [0, 0.05) is 31.6 Å². The second kappa shape index (κ2) is 9.65. The van der Waals surface area contributed by atoms with Crippen molar-refractivity contribution in [3.63, 3.8) is 0 Å². The van der Waals surface area contributed by atoms with Crippen LogP contribution in [0.3, 0.4) is 0 Å². The number of nitrogens with zero attached hydrogens (tertiary/aromatic N) is 2. The molecule has 2 fully saturated rings. The minimum Gasteiger partial charge on any atom is -0.465 e. The number of amides is 2. The monoisotopic (exact) mass is 478 g/mol. The van der Waals surface area contributed by atoms with Gasteiger partial charge in [0.2, 0.25) is 5.91 Å². The van der Waals surface area contributed by atoms with E-state index < -0.39 is 28.4 Å². The highest BCUT2D eigenvalue weighted by Crippen LogP contribution is 2.57. The number of hydrogen-bond donors (Lipinski definition) is 2. The van der Waals surface area contributed by atoms with Gasteiger partial charge in [-0.15, -0.1) is 0 Å². The molecule has 2 atom stereocenters. The van der Waals surface area contributed by atoms with Gasteiger partial charge in [-0.1, -0.05) is 94.3 Å². The average molecular weight is 479 g/mol. The van der Waals surface area contributed by atoms with Gasteiger partial charge in [-0.25, -0.2) is 4.79 Å². The van der Waals surface area contributed by atoms with E-state index in [1.165, 1.54) is 4.90 Å². The van der Waals surface area contributed by atoms with Crippen molar-refractivity contribution in [2.75, 3.05) is 26.2 Å². The molecule has 0 spiro atoms. The SMILES string of the molecule is CC(C)(C)C(C(=O)N1CCN(C(=O)O)CC1)C1(O)CCCCC1(c1ccccc1)c1ccccc1. The van der Waals surface area contributed by atoms with Crippen LogP contribution in [0.25, 0.3) is 0 Å². The van der Waals surface area contributed by atoms with Gasteiger partial charge in [0.1, 0.15) is 0 Å². The predicted octanol–water partition coefficient (Wildman–Crippen LogP) is 4.76. The van der Waals surface area contributed by atoms with Crippen molar-refractivity contribution >= 4 is 12.0 Å². The molecular weight excluding hydrogens is 440 g/mol. The molecule has 4 rings (SSSR count). The lowest BCUT2D eigenvalue weighted by Crippen LogP contribution is -2.66. The summed E-state index contributed by atoms with van der Waals surface area (Å²) in [5.41, 5.74) is -0.489. The van der Waals surface area contributed by atoms with Crippen LogP contribution in [0, 0.1) is 11.3 Å². The minimum atomic E-state index is -1.31. The summed E-state index contributed by atoms with van der Waals surface area (Å²) in [6.07, 6.45) is 2.14. The smallest absolute Gasteiger partial charge is 0.407 e. The Morgan fingerprint density at radius 3 is 1.71 bits per heavy atom. The maximum Gasteiger partial charge on any atom is 0.407 e. The van der Waals surface area contributed by atoms with Crippen molar-refractivity contribution in [3.05, 3.63) is 71.8 Å². The van der Waals surface area contributed by atoms with Gasteiger partial charge in [0.15, 0.2) is 0 Å². The zero-order chi connectivity index (χ0) is 25.3. The highest BCUT2D eigenvalue weighted by molar-refractivity contribution is 5.82. The number of carbonyl (C=O) groups excluding carboxylic acids is 1. The van der Waals surface area contributed by atoms with Crippen LogP contribution >= 0.6 is 0 Å². The summed E-state index contributed by atoms with van der Waals surface area (Å²) >= 11 is 0. The summed E-state index contributed by atoms with van der Waals surface area (Å²) < 4.78 is 0. The van der Waals surface area contributed by atoms with E-state index >= 15 is 0 Å². The Morgan fingerprint density at radius 1 is 0.800 bits per heavy atom. The topological polar surface area (TPSA) is 81.1 Å². The van der Waals surface area contributed by atoms with E-state index in [4.69, 9.17) is 0 Å².